The second-order valence-electron chi connectivity index (χ2n) is 6.61. The molecule has 1 unspecified atom stereocenters. The Morgan fingerprint density at radius 1 is 1.24 bits per heavy atom. The predicted octanol–water partition coefficient (Wildman–Crippen LogP) is 3.30. The van der Waals surface area contributed by atoms with E-state index in [1.54, 1.807) is 24.3 Å². The van der Waals surface area contributed by atoms with Crippen molar-refractivity contribution >= 4 is 5.97 Å². The third-order valence-corrected chi connectivity index (χ3v) is 2.94. The number of benzene rings is 1. The van der Waals surface area contributed by atoms with Gasteiger partial charge in [0.2, 0.25) is 0 Å². The van der Waals surface area contributed by atoms with Gasteiger partial charge in [0.15, 0.2) is 0 Å². The molecule has 1 aliphatic rings. The van der Waals surface area contributed by atoms with Crippen LogP contribution >= 0.6 is 0 Å². The van der Waals surface area contributed by atoms with Gasteiger partial charge in [0.25, 0.3) is 0 Å². The van der Waals surface area contributed by atoms with E-state index in [-0.39, 0.29) is 11.3 Å². The first-order valence-electron chi connectivity index (χ1n) is 7.09. The van der Waals surface area contributed by atoms with Gasteiger partial charge in [-0.05, 0) is 29.9 Å². The lowest BCUT2D eigenvalue weighted by molar-refractivity contribution is -0.165. The van der Waals surface area contributed by atoms with Crippen LogP contribution in [0.5, 0.6) is 5.75 Å². The van der Waals surface area contributed by atoms with Crippen LogP contribution in [0.25, 0.3) is 0 Å². The molecule has 1 aliphatic heterocycles. The number of hydrogen-bond donors (Lipinski definition) is 0. The zero-order valence-electron chi connectivity index (χ0n) is 12.9. The van der Waals surface area contributed by atoms with Crippen molar-refractivity contribution in [1.29, 1.82) is 0 Å². The number of carbonyl (C=O) groups is 1. The van der Waals surface area contributed by atoms with Crippen molar-refractivity contribution in [1.82, 2.24) is 0 Å². The molecule has 5 heteroatoms. The molecular weight excluding hydrogens is 272 g/mol. The fourth-order valence-corrected chi connectivity index (χ4v) is 2.24. The van der Waals surface area contributed by atoms with Gasteiger partial charge in [-0.25, -0.2) is 4.79 Å². The molecule has 2 rings (SSSR count). The van der Waals surface area contributed by atoms with E-state index in [9.17, 15) is 4.79 Å². The normalized spacial score (nSPS) is 17.9. The van der Waals surface area contributed by atoms with E-state index in [2.05, 4.69) is 20.8 Å². The molecule has 21 heavy (non-hydrogen) atoms. The van der Waals surface area contributed by atoms with E-state index in [0.717, 1.165) is 6.42 Å². The van der Waals surface area contributed by atoms with E-state index in [1.165, 1.54) is 0 Å². The van der Waals surface area contributed by atoms with E-state index in [1.807, 2.05) is 13.0 Å². The molecule has 1 aromatic carbocycles. The van der Waals surface area contributed by atoms with Crippen LogP contribution in [0.4, 0.5) is 0 Å². The summed E-state index contributed by atoms with van der Waals surface area (Å²) in [5.74, 6) is -1.66. The summed E-state index contributed by atoms with van der Waals surface area (Å²) in [6.07, 6.45) is 0.953. The maximum absolute atomic E-state index is 12.0. The minimum Gasteiger partial charge on any atom is -0.458 e. The molecule has 0 spiro atoms. The highest BCUT2D eigenvalue weighted by Gasteiger charge is 2.63. The smallest absolute Gasteiger partial charge is 0.458 e. The summed E-state index contributed by atoms with van der Waals surface area (Å²) in [5, 5.41) is 0. The summed E-state index contributed by atoms with van der Waals surface area (Å²) in [5.41, 5.74) is 0.191. The van der Waals surface area contributed by atoms with Crippen molar-refractivity contribution in [3.8, 4) is 5.75 Å². The monoisotopic (exact) mass is 294 g/mol. The van der Waals surface area contributed by atoms with Crippen LogP contribution in [0.3, 0.4) is 0 Å². The van der Waals surface area contributed by atoms with Crippen LogP contribution in [-0.2, 0) is 19.3 Å². The predicted molar refractivity (Wildman–Crippen MR) is 76.2 cm³/mol. The zero-order chi connectivity index (χ0) is 15.5. The third kappa shape index (κ3) is 4.72. The molecule has 0 aliphatic carbocycles. The van der Waals surface area contributed by atoms with Crippen molar-refractivity contribution in [2.75, 3.05) is 6.61 Å². The van der Waals surface area contributed by atoms with Gasteiger partial charge in [0.1, 0.15) is 5.75 Å². The number of esters is 1. The van der Waals surface area contributed by atoms with Crippen molar-refractivity contribution in [2.45, 2.75) is 40.1 Å². The Hall–Kier alpha value is -1.59. The van der Waals surface area contributed by atoms with Crippen molar-refractivity contribution in [3.63, 3.8) is 0 Å². The van der Waals surface area contributed by atoms with Crippen LogP contribution in [-0.4, -0.2) is 18.5 Å². The summed E-state index contributed by atoms with van der Waals surface area (Å²) in [4.78, 5) is 21.4. The Kier molecular flexibility index (Phi) is 4.54. The van der Waals surface area contributed by atoms with Gasteiger partial charge in [-0.1, -0.05) is 45.9 Å². The lowest BCUT2D eigenvalue weighted by Crippen LogP contribution is -2.34. The van der Waals surface area contributed by atoms with Crippen molar-refractivity contribution < 1.29 is 24.0 Å². The fraction of sp³-hybridized carbons (Fsp3) is 0.562. The lowest BCUT2D eigenvalue weighted by atomic mass is 9.86. The summed E-state index contributed by atoms with van der Waals surface area (Å²) < 4.78 is 10.6. The minimum absolute atomic E-state index is 0.191. The van der Waals surface area contributed by atoms with Crippen LogP contribution in [0.15, 0.2) is 30.3 Å². The molecule has 1 saturated heterocycles. The number of rotatable bonds is 6. The van der Waals surface area contributed by atoms with E-state index in [4.69, 9.17) is 19.2 Å². The van der Waals surface area contributed by atoms with Crippen LogP contribution in [0.2, 0.25) is 0 Å². The highest BCUT2D eigenvalue weighted by atomic mass is 17.5. The maximum atomic E-state index is 12.0. The van der Waals surface area contributed by atoms with Crippen LogP contribution < -0.4 is 4.74 Å². The first-order chi connectivity index (χ1) is 9.81. The Bertz CT molecular complexity index is 473. The third-order valence-electron chi connectivity index (χ3n) is 2.94. The van der Waals surface area contributed by atoms with E-state index >= 15 is 0 Å². The summed E-state index contributed by atoms with van der Waals surface area (Å²) in [6.45, 7) is 8.80. The topological polar surface area (TPSA) is 60.6 Å². The summed E-state index contributed by atoms with van der Waals surface area (Å²) in [7, 11) is 0. The average Bonchev–Trinajstić information content (AvgIpc) is 3.16. The quantitative estimate of drug-likeness (QED) is 0.457. The largest absolute Gasteiger partial charge is 0.484 e. The van der Waals surface area contributed by atoms with Crippen LogP contribution in [0.1, 0.15) is 34.1 Å². The Morgan fingerprint density at radius 3 is 2.38 bits per heavy atom. The van der Waals surface area contributed by atoms with Gasteiger partial charge in [-0.3, -0.25) is 0 Å². The molecule has 0 amide bonds. The second-order valence-corrected chi connectivity index (χ2v) is 6.61. The van der Waals surface area contributed by atoms with Crippen molar-refractivity contribution in [2.24, 2.45) is 11.3 Å². The number of ether oxygens (including phenoxy) is 2. The van der Waals surface area contributed by atoms with Gasteiger partial charge in [0, 0.05) is 0 Å². The molecular formula is C16H22O5. The minimum atomic E-state index is -1.73. The Labute approximate surface area is 125 Å². The highest BCUT2D eigenvalue weighted by molar-refractivity contribution is 5.78. The summed E-state index contributed by atoms with van der Waals surface area (Å²) in [6, 6.07) is 8.86. The van der Waals surface area contributed by atoms with Gasteiger partial charge in [-0.2, -0.15) is 0 Å². The molecule has 0 aromatic heterocycles. The first kappa shape index (κ1) is 15.8. The van der Waals surface area contributed by atoms with Gasteiger partial charge >= 0.3 is 11.9 Å². The molecule has 0 radical (unpaired) electrons. The number of hydrogen-bond acceptors (Lipinski definition) is 5. The SMILES string of the molecule is CC(COC(=O)C1(Oc2ccccc2)OO1)CC(C)(C)C. The van der Waals surface area contributed by atoms with Gasteiger partial charge in [0.05, 0.1) is 6.61 Å². The second kappa shape index (κ2) is 6.03. The lowest BCUT2D eigenvalue weighted by Gasteiger charge is -2.23. The standard InChI is InChI=1S/C16H22O5/c1-12(10-15(2,3)4)11-18-14(17)16(20-21-16)19-13-8-6-5-7-9-13/h5-9,12H,10-11H2,1-4H3. The molecule has 5 nitrogen and oxygen atoms in total. The first-order valence-corrected chi connectivity index (χ1v) is 7.09. The molecule has 1 atom stereocenters. The molecule has 0 N–H and O–H groups in total. The Morgan fingerprint density at radius 2 is 1.86 bits per heavy atom. The van der Waals surface area contributed by atoms with Crippen LogP contribution in [0, 0.1) is 11.3 Å². The highest BCUT2D eigenvalue weighted by Crippen LogP contribution is 2.34. The number of carbonyl (C=O) groups excluding carboxylic acids is 1. The fourth-order valence-electron chi connectivity index (χ4n) is 2.24. The van der Waals surface area contributed by atoms with E-state index in [0.29, 0.717) is 12.4 Å². The van der Waals surface area contributed by atoms with Gasteiger partial charge < -0.3 is 9.47 Å². The molecule has 1 fully saturated rings. The molecule has 1 aromatic rings. The van der Waals surface area contributed by atoms with Crippen molar-refractivity contribution in [3.05, 3.63) is 30.3 Å². The molecule has 1 heterocycles. The molecule has 0 bridgehead atoms. The number of para-hydroxylation sites is 1. The van der Waals surface area contributed by atoms with E-state index < -0.39 is 11.9 Å². The zero-order valence-corrected chi connectivity index (χ0v) is 12.9. The van der Waals surface area contributed by atoms with Gasteiger partial charge in [-0.15, -0.1) is 9.78 Å². The average molecular weight is 294 g/mol. The molecule has 0 saturated carbocycles. The summed E-state index contributed by atoms with van der Waals surface area (Å²) >= 11 is 0. The Balaban J connectivity index is 1.83. The maximum Gasteiger partial charge on any atom is 0.484 e. The molecule has 116 valence electrons.